The molecule has 0 unspecified atom stereocenters. The van der Waals surface area contributed by atoms with E-state index in [0.29, 0.717) is 11.5 Å². The van der Waals surface area contributed by atoms with Gasteiger partial charge in [0.05, 0.1) is 6.61 Å². The highest BCUT2D eigenvalue weighted by atomic mass is 16.9. The zero-order valence-electron chi connectivity index (χ0n) is 23.0. The smallest absolute Gasteiger partial charge is 0.433 e. The standard InChI is InChI=1S/C11H15NO5.C9H8N2O7.C6H11O/c1-2-3-4-5-8-16-11(15)17-12-9(13)6-7-10(12)14;12-5-1-2-6(13)10(5)17-9(16)18-11-7(14)3-4-8(11)15;1-2-3-4-5-6-7/h2H,1,3-8H2;1-4H2;1-2,7H,3-6H2/q;;+1. The molecule has 0 radical (unpaired) electrons. The number of carbonyl (C=O) groups excluding carboxylic acids is 8. The van der Waals surface area contributed by atoms with Gasteiger partial charge in [-0.15, -0.1) is 6.58 Å². The van der Waals surface area contributed by atoms with E-state index in [-0.39, 0.29) is 61.9 Å². The summed E-state index contributed by atoms with van der Waals surface area (Å²) in [5.41, 5.74) is 0. The van der Waals surface area contributed by atoms with Gasteiger partial charge in [0.2, 0.25) is 6.58 Å². The quantitative estimate of drug-likeness (QED) is 0.113. The molecule has 42 heavy (non-hydrogen) atoms. The number of carbonyl (C=O) groups is 8. The molecular formula is C26H34N3O13+. The monoisotopic (exact) mass is 596 g/mol. The van der Waals surface area contributed by atoms with Crippen LogP contribution in [0.1, 0.15) is 77.0 Å². The van der Waals surface area contributed by atoms with Gasteiger partial charge < -0.3 is 9.84 Å². The molecule has 3 fully saturated rings. The van der Waals surface area contributed by atoms with Crippen LogP contribution < -0.4 is 0 Å². The van der Waals surface area contributed by atoms with E-state index < -0.39 is 47.8 Å². The first-order valence-electron chi connectivity index (χ1n) is 13.1. The normalized spacial score (nSPS) is 16.0. The van der Waals surface area contributed by atoms with Crippen molar-refractivity contribution >= 4 is 47.8 Å². The summed E-state index contributed by atoms with van der Waals surface area (Å²) < 4.78 is 4.71. The van der Waals surface area contributed by atoms with Crippen LogP contribution in [0, 0.1) is 6.58 Å². The average molecular weight is 597 g/mol. The maximum atomic E-state index is 11.2. The van der Waals surface area contributed by atoms with Crippen LogP contribution in [0.4, 0.5) is 9.59 Å². The maximum Gasteiger partial charge on any atom is 0.560 e. The highest BCUT2D eigenvalue weighted by molar-refractivity contribution is 6.03. The molecule has 6 amide bonds. The molecule has 3 aliphatic rings. The van der Waals surface area contributed by atoms with Crippen molar-refractivity contribution < 1.29 is 62.7 Å². The topological polar surface area (TPSA) is 203 Å². The number of hydrogen-bond donors (Lipinski definition) is 1. The van der Waals surface area contributed by atoms with E-state index in [1.54, 1.807) is 12.2 Å². The lowest BCUT2D eigenvalue weighted by molar-refractivity contribution is -0.198. The number of rotatable bonds is 12. The Balaban J connectivity index is 0.000000345. The van der Waals surface area contributed by atoms with Crippen molar-refractivity contribution in [2.45, 2.75) is 77.0 Å². The van der Waals surface area contributed by atoms with Crippen molar-refractivity contribution in [3.05, 3.63) is 25.3 Å². The molecule has 0 saturated carbocycles. The second-order valence-electron chi connectivity index (χ2n) is 8.61. The Kier molecular flexibility index (Phi) is 16.3. The first kappa shape index (κ1) is 35.3. The number of nitrogens with zero attached hydrogens (tertiary/aromatic N) is 3. The molecule has 0 aromatic heterocycles. The lowest BCUT2D eigenvalue weighted by Crippen LogP contribution is -2.37. The van der Waals surface area contributed by atoms with Crippen LogP contribution in [-0.2, 0) is 48.0 Å². The summed E-state index contributed by atoms with van der Waals surface area (Å²) in [7, 11) is 0. The van der Waals surface area contributed by atoms with Gasteiger partial charge in [-0.25, -0.2) is 4.79 Å². The zero-order chi connectivity index (χ0) is 31.5. The largest absolute Gasteiger partial charge is 0.560 e. The average Bonchev–Trinajstić information content (AvgIpc) is 3.57. The fourth-order valence-corrected chi connectivity index (χ4v) is 3.16. The summed E-state index contributed by atoms with van der Waals surface area (Å²) in [6.45, 7) is 9.11. The van der Waals surface area contributed by atoms with Gasteiger partial charge in [-0.3, -0.25) is 43.3 Å². The van der Waals surface area contributed by atoms with Gasteiger partial charge in [-0.2, -0.15) is 4.79 Å². The summed E-state index contributed by atoms with van der Waals surface area (Å²) in [5, 5.41) is 9.22. The molecule has 1 N–H and O–H groups in total. The Morgan fingerprint density at radius 2 is 1.05 bits per heavy atom. The maximum absolute atomic E-state index is 11.2. The first-order chi connectivity index (χ1) is 20.0. The number of allylic oxidation sites excluding steroid dienone is 2. The van der Waals surface area contributed by atoms with Gasteiger partial charge in [0.15, 0.2) is 6.08 Å². The zero-order valence-corrected chi connectivity index (χ0v) is 23.0. The van der Waals surface area contributed by atoms with Crippen molar-refractivity contribution in [2.75, 3.05) is 13.2 Å². The number of unbranched alkanes of at least 4 members (excludes halogenated alkanes) is 4. The highest BCUT2D eigenvalue weighted by Crippen LogP contribution is 2.16. The van der Waals surface area contributed by atoms with Crippen molar-refractivity contribution in [3.63, 3.8) is 0 Å². The molecule has 3 saturated heterocycles. The lowest BCUT2D eigenvalue weighted by atomic mass is 10.2. The lowest BCUT2D eigenvalue weighted by Gasteiger charge is -2.15. The Hall–Kier alpha value is -4.69. The Morgan fingerprint density at radius 3 is 1.40 bits per heavy atom. The summed E-state index contributed by atoms with van der Waals surface area (Å²) in [6.07, 6.45) is 5.98. The second kappa shape index (κ2) is 19.4. The van der Waals surface area contributed by atoms with Crippen molar-refractivity contribution in [1.82, 2.24) is 15.2 Å². The third-order valence-electron chi connectivity index (χ3n) is 5.32. The first-order valence-corrected chi connectivity index (χ1v) is 13.1. The second-order valence-corrected chi connectivity index (χ2v) is 8.61. The van der Waals surface area contributed by atoms with Gasteiger partial charge in [0.25, 0.3) is 35.4 Å². The molecule has 0 spiro atoms. The van der Waals surface area contributed by atoms with E-state index in [0.717, 1.165) is 32.1 Å². The highest BCUT2D eigenvalue weighted by Gasteiger charge is 2.37. The number of aliphatic hydroxyl groups is 1. The summed E-state index contributed by atoms with van der Waals surface area (Å²) in [4.78, 5) is 102. The molecule has 3 rings (SSSR count). The molecule has 16 heteroatoms. The Labute approximate surface area is 241 Å². The molecule has 0 aliphatic carbocycles. The SMILES string of the molecule is C=CCCCCOC(=O)ON1C(=O)CCC1=O.O=C(ON1C(=O)CCC1=O)ON1C(=O)CCC1=O.[CH+]=CCCCCO. The van der Waals surface area contributed by atoms with Crippen LogP contribution in [0.5, 0.6) is 0 Å². The summed E-state index contributed by atoms with van der Waals surface area (Å²) in [5.74, 6) is -3.77. The number of hydrogen-bond acceptors (Lipinski definition) is 13. The van der Waals surface area contributed by atoms with Crippen molar-refractivity contribution in [1.29, 1.82) is 0 Å². The van der Waals surface area contributed by atoms with Gasteiger partial charge in [0, 0.05) is 51.6 Å². The fraction of sp³-hybridized carbons (Fsp3) is 0.538. The molecule has 230 valence electrons. The third-order valence-corrected chi connectivity index (χ3v) is 5.32. The van der Waals surface area contributed by atoms with Crippen LogP contribution in [-0.4, -0.2) is 81.3 Å². The predicted octanol–water partition coefficient (Wildman–Crippen LogP) is 1.97. The van der Waals surface area contributed by atoms with E-state index in [9.17, 15) is 38.4 Å². The van der Waals surface area contributed by atoms with Gasteiger partial charge in [0.1, 0.15) is 0 Å². The fourth-order valence-electron chi connectivity index (χ4n) is 3.16. The number of ether oxygens (including phenoxy) is 1. The van der Waals surface area contributed by atoms with Crippen LogP contribution in [0.15, 0.2) is 18.7 Å². The van der Waals surface area contributed by atoms with Crippen LogP contribution >= 0.6 is 0 Å². The molecule has 0 aromatic rings. The van der Waals surface area contributed by atoms with Gasteiger partial charge in [-0.1, -0.05) is 21.3 Å². The molecule has 0 bridgehead atoms. The van der Waals surface area contributed by atoms with Crippen molar-refractivity contribution in [3.8, 4) is 0 Å². The Bertz CT molecular complexity index is 954. The number of imide groups is 3. The minimum atomic E-state index is -1.48. The molecule has 3 aliphatic heterocycles. The van der Waals surface area contributed by atoms with Crippen LogP contribution in [0.3, 0.4) is 0 Å². The molecule has 3 heterocycles. The summed E-state index contributed by atoms with van der Waals surface area (Å²) in [6, 6.07) is 0. The van der Waals surface area contributed by atoms with E-state index in [4.69, 9.17) is 16.4 Å². The van der Waals surface area contributed by atoms with E-state index in [2.05, 4.69) is 21.1 Å². The minimum absolute atomic E-state index is 0.0618. The van der Waals surface area contributed by atoms with Crippen LogP contribution in [0.2, 0.25) is 0 Å². The van der Waals surface area contributed by atoms with E-state index in [1.807, 2.05) is 0 Å². The van der Waals surface area contributed by atoms with Gasteiger partial charge in [-0.05, 0) is 32.1 Å². The Morgan fingerprint density at radius 1 is 0.667 bits per heavy atom. The van der Waals surface area contributed by atoms with Gasteiger partial charge >= 0.3 is 12.3 Å². The minimum Gasteiger partial charge on any atom is -0.433 e. The molecule has 0 atom stereocenters. The summed E-state index contributed by atoms with van der Waals surface area (Å²) >= 11 is 0. The molecule has 16 nitrogen and oxygen atoms in total. The van der Waals surface area contributed by atoms with E-state index >= 15 is 0 Å². The molecule has 0 aromatic carbocycles. The molecular weight excluding hydrogens is 562 g/mol. The van der Waals surface area contributed by atoms with Crippen LogP contribution in [0.25, 0.3) is 0 Å². The van der Waals surface area contributed by atoms with Crippen molar-refractivity contribution in [2.24, 2.45) is 0 Å². The number of amides is 6. The third kappa shape index (κ3) is 12.7. The van der Waals surface area contributed by atoms with E-state index in [1.165, 1.54) is 0 Å². The predicted molar refractivity (Wildman–Crippen MR) is 137 cm³/mol. The number of aliphatic hydroxyl groups excluding tert-OH is 1. The number of hydroxylamine groups is 6.